The van der Waals surface area contributed by atoms with Crippen molar-refractivity contribution in [1.29, 1.82) is 0 Å². The number of methoxy groups -OCH3 is 1. The lowest BCUT2D eigenvalue weighted by molar-refractivity contribution is 0.0767. The number of rotatable bonds is 4. The summed E-state index contributed by atoms with van der Waals surface area (Å²) in [4.78, 5) is 7.28. The number of hydrogen-bond acceptors (Lipinski definition) is 3. The van der Waals surface area contributed by atoms with E-state index in [-0.39, 0.29) is 0 Å². The number of ether oxygens (including phenoxy) is 2. The molecule has 25 heavy (non-hydrogen) atoms. The molecule has 1 aromatic rings. The molecule has 2 bridgehead atoms. The quantitative estimate of drug-likeness (QED) is 0.660. The Hall–Kier alpha value is -1.46. The number of benzene rings is 1. The third-order valence-electron chi connectivity index (χ3n) is 5.74. The number of hydrogen-bond donors (Lipinski definition) is 1. The van der Waals surface area contributed by atoms with Gasteiger partial charge in [0.15, 0.2) is 5.96 Å². The van der Waals surface area contributed by atoms with Crippen LogP contribution < -0.4 is 10.1 Å². The lowest BCUT2D eigenvalue weighted by Gasteiger charge is -2.23. The summed E-state index contributed by atoms with van der Waals surface area (Å²) in [6, 6.07) is 5.72. The maximum absolute atomic E-state index is 6.08. The zero-order valence-corrected chi connectivity index (χ0v) is 15.6. The zero-order valence-electron chi connectivity index (χ0n) is 14.9. The van der Waals surface area contributed by atoms with Gasteiger partial charge < -0.3 is 19.7 Å². The summed E-state index contributed by atoms with van der Waals surface area (Å²) in [5, 5.41) is 4.13. The Balaban J connectivity index is 1.49. The van der Waals surface area contributed by atoms with Crippen molar-refractivity contribution in [3.63, 3.8) is 0 Å². The third-order valence-corrected chi connectivity index (χ3v) is 5.97. The lowest BCUT2D eigenvalue weighted by atomic mass is 9.82. The highest BCUT2D eigenvalue weighted by Crippen LogP contribution is 2.47. The molecule has 0 aromatic heterocycles. The Kier molecular flexibility index (Phi) is 4.78. The van der Waals surface area contributed by atoms with Gasteiger partial charge in [0, 0.05) is 42.1 Å². The SMILES string of the molecule is CCNC(=NCc1ccc(Cl)cc1OC)N1CC2C3CCC(O3)C2C1. The van der Waals surface area contributed by atoms with E-state index in [4.69, 9.17) is 26.1 Å². The number of nitrogens with zero attached hydrogens (tertiary/aromatic N) is 2. The Morgan fingerprint density at radius 2 is 2.04 bits per heavy atom. The summed E-state index contributed by atoms with van der Waals surface area (Å²) in [6.07, 6.45) is 3.41. The normalized spacial score (nSPS) is 30.7. The van der Waals surface area contributed by atoms with Crippen molar-refractivity contribution >= 4 is 17.6 Å². The van der Waals surface area contributed by atoms with Crippen LogP contribution in [0.15, 0.2) is 23.2 Å². The fourth-order valence-electron chi connectivity index (χ4n) is 4.57. The number of guanidine groups is 1. The molecule has 4 atom stereocenters. The van der Waals surface area contributed by atoms with Crippen molar-refractivity contribution in [2.45, 2.75) is 38.5 Å². The fourth-order valence-corrected chi connectivity index (χ4v) is 4.73. The molecule has 0 aliphatic carbocycles. The van der Waals surface area contributed by atoms with E-state index >= 15 is 0 Å². The fraction of sp³-hybridized carbons (Fsp3) is 0.632. The minimum absolute atomic E-state index is 0.472. The van der Waals surface area contributed by atoms with Crippen LogP contribution in [0, 0.1) is 11.8 Å². The average molecular weight is 364 g/mol. The minimum atomic E-state index is 0.472. The van der Waals surface area contributed by atoms with Gasteiger partial charge in [-0.25, -0.2) is 4.99 Å². The van der Waals surface area contributed by atoms with Crippen molar-refractivity contribution in [2.75, 3.05) is 26.7 Å². The molecule has 0 radical (unpaired) electrons. The predicted molar refractivity (Wildman–Crippen MR) is 99.3 cm³/mol. The van der Waals surface area contributed by atoms with Crippen LogP contribution in [0.2, 0.25) is 5.02 Å². The Morgan fingerprint density at radius 3 is 2.68 bits per heavy atom. The second-order valence-electron chi connectivity index (χ2n) is 7.15. The van der Waals surface area contributed by atoms with Crippen molar-refractivity contribution in [3.05, 3.63) is 28.8 Å². The molecule has 3 aliphatic rings. The van der Waals surface area contributed by atoms with E-state index in [0.29, 0.717) is 35.6 Å². The molecule has 3 heterocycles. The number of nitrogens with one attached hydrogen (secondary N) is 1. The second-order valence-corrected chi connectivity index (χ2v) is 7.59. The molecule has 5 nitrogen and oxygen atoms in total. The molecule has 6 heteroatoms. The highest BCUT2D eigenvalue weighted by molar-refractivity contribution is 6.30. The summed E-state index contributed by atoms with van der Waals surface area (Å²) >= 11 is 6.05. The van der Waals surface area contributed by atoms with E-state index in [9.17, 15) is 0 Å². The van der Waals surface area contributed by atoms with Crippen molar-refractivity contribution in [3.8, 4) is 5.75 Å². The molecular weight excluding hydrogens is 338 g/mol. The molecule has 1 aromatic carbocycles. The minimum Gasteiger partial charge on any atom is -0.496 e. The van der Waals surface area contributed by atoms with Crippen molar-refractivity contribution < 1.29 is 9.47 Å². The molecular formula is C19H26ClN3O2. The van der Waals surface area contributed by atoms with E-state index in [1.807, 2.05) is 18.2 Å². The monoisotopic (exact) mass is 363 g/mol. The van der Waals surface area contributed by atoms with Crippen LogP contribution in [-0.4, -0.2) is 49.8 Å². The topological polar surface area (TPSA) is 46.1 Å². The second kappa shape index (κ2) is 7.04. The van der Waals surface area contributed by atoms with Gasteiger partial charge in [-0.2, -0.15) is 0 Å². The van der Waals surface area contributed by atoms with E-state index < -0.39 is 0 Å². The van der Waals surface area contributed by atoms with E-state index in [1.165, 1.54) is 12.8 Å². The van der Waals surface area contributed by atoms with Gasteiger partial charge in [-0.3, -0.25) is 0 Å². The summed E-state index contributed by atoms with van der Waals surface area (Å²) in [5.74, 6) is 3.13. The number of fused-ring (bicyclic) bond motifs is 5. The van der Waals surface area contributed by atoms with Gasteiger partial charge >= 0.3 is 0 Å². The molecule has 4 unspecified atom stereocenters. The van der Waals surface area contributed by atoms with Crippen LogP contribution in [0.1, 0.15) is 25.3 Å². The van der Waals surface area contributed by atoms with Gasteiger partial charge in [-0.05, 0) is 31.9 Å². The summed E-state index contributed by atoms with van der Waals surface area (Å²) < 4.78 is 11.5. The first kappa shape index (κ1) is 17.0. The van der Waals surface area contributed by atoms with Gasteiger partial charge in [-0.1, -0.05) is 17.7 Å². The van der Waals surface area contributed by atoms with Crippen molar-refractivity contribution in [2.24, 2.45) is 16.8 Å². The van der Waals surface area contributed by atoms with Gasteiger partial charge in [-0.15, -0.1) is 0 Å². The molecule has 4 rings (SSSR count). The summed E-state index contributed by atoms with van der Waals surface area (Å²) in [5.41, 5.74) is 1.05. The Labute approximate surface area is 154 Å². The van der Waals surface area contributed by atoms with Crippen molar-refractivity contribution in [1.82, 2.24) is 10.2 Å². The zero-order chi connectivity index (χ0) is 17.4. The smallest absolute Gasteiger partial charge is 0.194 e. The van der Waals surface area contributed by atoms with Crippen LogP contribution >= 0.6 is 11.6 Å². The van der Waals surface area contributed by atoms with E-state index in [2.05, 4.69) is 17.1 Å². The number of likely N-dealkylation sites (tertiary alicyclic amines) is 1. The molecule has 0 saturated carbocycles. The molecule has 0 spiro atoms. The molecule has 0 amide bonds. The largest absolute Gasteiger partial charge is 0.496 e. The lowest BCUT2D eigenvalue weighted by Crippen LogP contribution is -2.41. The maximum Gasteiger partial charge on any atom is 0.194 e. The maximum atomic E-state index is 6.08. The Morgan fingerprint density at radius 1 is 1.32 bits per heavy atom. The van der Waals surface area contributed by atoms with Crippen LogP contribution in [0.4, 0.5) is 0 Å². The molecule has 1 N–H and O–H groups in total. The third kappa shape index (κ3) is 3.20. The van der Waals surface area contributed by atoms with Crippen LogP contribution in [0.5, 0.6) is 5.75 Å². The van der Waals surface area contributed by atoms with Crippen LogP contribution in [-0.2, 0) is 11.3 Å². The summed E-state index contributed by atoms with van der Waals surface area (Å²) in [7, 11) is 1.67. The van der Waals surface area contributed by atoms with Gasteiger partial charge in [0.1, 0.15) is 5.75 Å². The average Bonchev–Trinajstić information content (AvgIpc) is 3.31. The first-order valence-electron chi connectivity index (χ1n) is 9.20. The first-order valence-corrected chi connectivity index (χ1v) is 9.58. The molecule has 136 valence electrons. The standard InChI is InChI=1S/C19H26ClN3O2/c1-3-21-19(22-9-12-4-5-13(20)8-18(12)24-2)23-10-14-15(11-23)17-7-6-16(14)25-17/h4-5,8,14-17H,3,6-7,9-11H2,1-2H3,(H,21,22). The highest BCUT2D eigenvalue weighted by atomic mass is 35.5. The Bertz CT molecular complexity index is 648. The number of aliphatic imine (C=N–C) groups is 1. The molecule has 3 saturated heterocycles. The van der Waals surface area contributed by atoms with Gasteiger partial charge in [0.2, 0.25) is 0 Å². The first-order chi connectivity index (χ1) is 12.2. The van der Waals surface area contributed by atoms with Crippen LogP contribution in [0.25, 0.3) is 0 Å². The molecule has 3 fully saturated rings. The van der Waals surface area contributed by atoms with Crippen LogP contribution in [0.3, 0.4) is 0 Å². The summed E-state index contributed by atoms with van der Waals surface area (Å²) in [6.45, 7) is 5.66. The molecule has 3 aliphatic heterocycles. The van der Waals surface area contributed by atoms with E-state index in [1.54, 1.807) is 7.11 Å². The van der Waals surface area contributed by atoms with Gasteiger partial charge in [0.25, 0.3) is 0 Å². The van der Waals surface area contributed by atoms with Gasteiger partial charge in [0.05, 0.1) is 25.9 Å². The highest BCUT2D eigenvalue weighted by Gasteiger charge is 2.53. The number of halogens is 1. The predicted octanol–water partition coefficient (Wildman–Crippen LogP) is 2.92. The van der Waals surface area contributed by atoms with E-state index in [0.717, 1.165) is 36.9 Å².